The van der Waals surface area contributed by atoms with Crippen molar-refractivity contribution in [3.8, 4) is 0 Å². The average Bonchev–Trinajstić information content (AvgIpc) is 3.80. The maximum absolute atomic E-state index is 13.8. The fraction of sp³-hybridized carbons (Fsp3) is 0.190. The number of hydrogen-bond acceptors (Lipinski definition) is 7. The van der Waals surface area contributed by atoms with Crippen LogP contribution in [-0.2, 0) is 32.8 Å². The Kier molecular flexibility index (Phi) is 11.4. The number of carbonyl (C=O) groups is 4. The van der Waals surface area contributed by atoms with Gasteiger partial charge in [0, 0.05) is 26.0 Å². The highest BCUT2D eigenvalue weighted by atomic mass is 16.4. The summed E-state index contributed by atoms with van der Waals surface area (Å²) in [5, 5.41) is 18.1. The molecule has 0 aliphatic heterocycles. The van der Waals surface area contributed by atoms with E-state index in [9.17, 15) is 24.3 Å². The summed E-state index contributed by atoms with van der Waals surface area (Å²) < 4.78 is 7.27. The first-order valence-corrected chi connectivity index (χ1v) is 17.4. The molecule has 0 unspecified atom stereocenters. The molecule has 6 rings (SSSR count). The van der Waals surface area contributed by atoms with Gasteiger partial charge < -0.3 is 30.0 Å². The van der Waals surface area contributed by atoms with Crippen molar-refractivity contribution in [2.45, 2.75) is 44.3 Å². The van der Waals surface area contributed by atoms with E-state index in [1.54, 1.807) is 50.6 Å². The van der Waals surface area contributed by atoms with Gasteiger partial charge in [0.15, 0.2) is 11.6 Å². The van der Waals surface area contributed by atoms with E-state index >= 15 is 0 Å². The third-order valence-electron chi connectivity index (χ3n) is 9.09. The van der Waals surface area contributed by atoms with Crippen molar-refractivity contribution in [1.29, 1.82) is 0 Å². The second kappa shape index (κ2) is 16.7. The molecule has 0 aliphatic rings. The van der Waals surface area contributed by atoms with Gasteiger partial charge in [0.25, 0.3) is 5.91 Å². The number of hydrogen-bond donors (Lipinski definition) is 4. The summed E-state index contributed by atoms with van der Waals surface area (Å²) in [6.45, 7) is 2.74. The molecule has 0 bridgehead atoms. The number of benzene rings is 4. The number of carboxylic acids is 1. The summed E-state index contributed by atoms with van der Waals surface area (Å²) in [5.41, 5.74) is 3.27. The van der Waals surface area contributed by atoms with E-state index in [2.05, 4.69) is 25.9 Å². The number of carboxylic acid groups (broad SMARTS) is 1. The van der Waals surface area contributed by atoms with E-state index in [1.807, 2.05) is 102 Å². The zero-order valence-electron chi connectivity index (χ0n) is 29.8. The van der Waals surface area contributed by atoms with Crippen molar-refractivity contribution in [1.82, 2.24) is 30.5 Å². The van der Waals surface area contributed by atoms with Gasteiger partial charge in [-0.3, -0.25) is 14.4 Å². The predicted molar refractivity (Wildman–Crippen MR) is 200 cm³/mol. The van der Waals surface area contributed by atoms with Gasteiger partial charge in [0.05, 0.1) is 18.6 Å². The Morgan fingerprint density at radius 1 is 0.741 bits per heavy atom. The third kappa shape index (κ3) is 8.28. The second-order valence-corrected chi connectivity index (χ2v) is 12.8. The predicted octanol–water partition coefficient (Wildman–Crippen LogP) is 4.60. The maximum atomic E-state index is 13.8. The van der Waals surface area contributed by atoms with Gasteiger partial charge in [-0.05, 0) is 29.2 Å². The SMILES string of the molecule is Cc1nc(C(=O)NCC(=O)N[C@@H](Cc2ccccc2)C(=O)N[C@@H](Cc2cn(C(c3ccccc3)(c3ccccc3)c3ccccc3)cn2)C(=O)O)c(C)o1. The van der Waals surface area contributed by atoms with Crippen LogP contribution in [0.4, 0.5) is 0 Å². The van der Waals surface area contributed by atoms with E-state index in [0.29, 0.717) is 17.3 Å². The molecule has 4 N–H and O–H groups in total. The van der Waals surface area contributed by atoms with Gasteiger partial charge in [-0.2, -0.15) is 0 Å². The fourth-order valence-electron chi connectivity index (χ4n) is 6.61. The summed E-state index contributed by atoms with van der Waals surface area (Å²) in [7, 11) is 0. The molecule has 4 aromatic carbocycles. The molecule has 0 saturated carbocycles. The number of rotatable bonds is 15. The molecule has 2 atom stereocenters. The van der Waals surface area contributed by atoms with Crippen LogP contribution >= 0.6 is 0 Å². The van der Waals surface area contributed by atoms with Gasteiger partial charge in [0.1, 0.15) is 23.4 Å². The highest BCUT2D eigenvalue weighted by Gasteiger charge is 2.39. The smallest absolute Gasteiger partial charge is 0.326 e. The Bertz CT molecular complexity index is 2110. The summed E-state index contributed by atoms with van der Waals surface area (Å²) in [5.74, 6) is -2.62. The number of carbonyl (C=O) groups excluding carboxylic acids is 3. The van der Waals surface area contributed by atoms with Gasteiger partial charge in [0.2, 0.25) is 11.8 Å². The van der Waals surface area contributed by atoms with Crippen LogP contribution in [0.15, 0.2) is 138 Å². The Hall–Kier alpha value is -6.82. The highest BCUT2D eigenvalue weighted by Crippen LogP contribution is 2.40. The molecule has 12 nitrogen and oxygen atoms in total. The first-order chi connectivity index (χ1) is 26.1. The van der Waals surface area contributed by atoms with Gasteiger partial charge in [-0.1, -0.05) is 121 Å². The molecule has 0 spiro atoms. The molecule has 0 saturated heterocycles. The minimum atomic E-state index is -1.38. The van der Waals surface area contributed by atoms with Crippen LogP contribution in [0.25, 0.3) is 0 Å². The first kappa shape index (κ1) is 37.0. The number of oxazole rings is 1. The molecule has 274 valence electrons. The molecule has 6 aromatic rings. The van der Waals surface area contributed by atoms with Crippen LogP contribution in [0.2, 0.25) is 0 Å². The van der Waals surface area contributed by atoms with Crippen LogP contribution in [0.3, 0.4) is 0 Å². The Balaban J connectivity index is 1.24. The minimum absolute atomic E-state index is 0.0548. The minimum Gasteiger partial charge on any atom is -0.480 e. The van der Waals surface area contributed by atoms with E-state index in [-0.39, 0.29) is 18.5 Å². The largest absolute Gasteiger partial charge is 0.480 e. The number of nitrogens with one attached hydrogen (secondary N) is 3. The molecule has 3 amide bonds. The molecule has 54 heavy (non-hydrogen) atoms. The van der Waals surface area contributed by atoms with E-state index in [0.717, 1.165) is 22.3 Å². The number of amides is 3. The number of imidazole rings is 1. The summed E-state index contributed by atoms with van der Waals surface area (Å²) in [6.07, 6.45) is 3.42. The van der Waals surface area contributed by atoms with E-state index in [1.165, 1.54) is 0 Å². The maximum Gasteiger partial charge on any atom is 0.326 e. The van der Waals surface area contributed by atoms with Crippen molar-refractivity contribution in [2.75, 3.05) is 6.54 Å². The monoisotopic (exact) mass is 724 g/mol. The van der Waals surface area contributed by atoms with Crippen molar-refractivity contribution in [3.63, 3.8) is 0 Å². The summed E-state index contributed by atoms with van der Waals surface area (Å²) >= 11 is 0. The lowest BCUT2D eigenvalue weighted by molar-refractivity contribution is -0.142. The first-order valence-electron chi connectivity index (χ1n) is 17.4. The lowest BCUT2D eigenvalue weighted by Gasteiger charge is -2.37. The van der Waals surface area contributed by atoms with E-state index < -0.39 is 47.9 Å². The average molecular weight is 725 g/mol. The standard InChI is InChI=1S/C42H40N6O6/c1-28-38(45-29(2)54-28)40(51)43-25-37(49)46-35(23-30-15-7-3-8-16-30)39(50)47-36(41(52)53)24-34-26-48(27-44-34)42(31-17-9-4-10-18-31,32-19-11-5-12-20-32)33-21-13-6-14-22-33/h3-22,26-27,35-36H,23-25H2,1-2H3,(H,43,51)(H,46,49)(H,47,50)(H,52,53)/t35-,36-/m0/s1. The van der Waals surface area contributed by atoms with Gasteiger partial charge in [-0.15, -0.1) is 0 Å². The van der Waals surface area contributed by atoms with Crippen molar-refractivity contribution >= 4 is 23.7 Å². The molecule has 0 fully saturated rings. The van der Waals surface area contributed by atoms with Crippen LogP contribution in [0, 0.1) is 13.8 Å². The van der Waals surface area contributed by atoms with Crippen LogP contribution in [0.1, 0.15) is 50.1 Å². The molecule has 2 heterocycles. The molecular formula is C42H40N6O6. The number of aromatic nitrogens is 3. The fourth-order valence-corrected chi connectivity index (χ4v) is 6.61. The van der Waals surface area contributed by atoms with Crippen molar-refractivity contribution in [2.24, 2.45) is 0 Å². The molecular weight excluding hydrogens is 684 g/mol. The van der Waals surface area contributed by atoms with Crippen molar-refractivity contribution in [3.05, 3.63) is 179 Å². The van der Waals surface area contributed by atoms with Crippen molar-refractivity contribution < 1.29 is 28.7 Å². The summed E-state index contributed by atoms with van der Waals surface area (Å²) in [6, 6.07) is 36.4. The van der Waals surface area contributed by atoms with Crippen LogP contribution in [0.5, 0.6) is 0 Å². The number of nitrogens with zero attached hydrogens (tertiary/aromatic N) is 3. The highest BCUT2D eigenvalue weighted by molar-refractivity contribution is 5.96. The number of aryl methyl sites for hydroxylation is 2. The van der Waals surface area contributed by atoms with Crippen LogP contribution < -0.4 is 16.0 Å². The molecule has 0 aliphatic carbocycles. The normalized spacial score (nSPS) is 12.3. The molecule has 0 radical (unpaired) electrons. The lowest BCUT2D eigenvalue weighted by atomic mass is 9.77. The van der Waals surface area contributed by atoms with Gasteiger partial charge >= 0.3 is 5.97 Å². The Morgan fingerprint density at radius 3 is 1.78 bits per heavy atom. The summed E-state index contributed by atoms with van der Waals surface area (Å²) in [4.78, 5) is 60.8. The third-order valence-corrected chi connectivity index (χ3v) is 9.09. The quantitative estimate of drug-likeness (QED) is 0.112. The van der Waals surface area contributed by atoms with E-state index in [4.69, 9.17) is 4.42 Å². The zero-order chi connectivity index (χ0) is 38.1. The molecule has 2 aromatic heterocycles. The second-order valence-electron chi connectivity index (χ2n) is 12.8. The van der Waals surface area contributed by atoms with Crippen LogP contribution in [-0.4, -0.2) is 62.0 Å². The topological polar surface area (TPSA) is 168 Å². The van der Waals surface area contributed by atoms with Gasteiger partial charge in [-0.25, -0.2) is 14.8 Å². The Morgan fingerprint density at radius 2 is 1.28 bits per heavy atom. The number of aliphatic carboxylic acids is 1. The zero-order valence-corrected chi connectivity index (χ0v) is 29.8. The lowest BCUT2D eigenvalue weighted by Crippen LogP contribution is -2.54. The Labute approximate surface area is 312 Å². The molecule has 12 heteroatoms.